The molecular weight excluding hydrogens is 190 g/mol. The van der Waals surface area contributed by atoms with E-state index in [1.165, 1.54) is 0 Å². The Kier molecular flexibility index (Phi) is 3.33. The first-order valence-electron chi connectivity index (χ1n) is 6.29. The fourth-order valence-electron chi connectivity index (χ4n) is 3.26. The molecule has 2 saturated carbocycles. The van der Waals surface area contributed by atoms with Crippen molar-refractivity contribution >= 4 is 0 Å². The van der Waals surface area contributed by atoms with Gasteiger partial charge in [0.1, 0.15) is 0 Å². The average molecular weight is 213 g/mol. The molecule has 0 spiro atoms. The molecule has 88 valence electrons. The van der Waals surface area contributed by atoms with E-state index in [1.54, 1.807) is 0 Å². The van der Waals surface area contributed by atoms with E-state index in [4.69, 9.17) is 5.73 Å². The van der Waals surface area contributed by atoms with Crippen LogP contribution in [0, 0.1) is 5.92 Å². The summed E-state index contributed by atoms with van der Waals surface area (Å²) in [6, 6.07) is 0.311. The Hall–Kier alpha value is -0.120. The lowest BCUT2D eigenvalue weighted by molar-refractivity contribution is -0.143. The van der Waals surface area contributed by atoms with E-state index in [9.17, 15) is 10.2 Å². The average Bonchev–Trinajstić information content (AvgIpc) is 2.23. The molecule has 0 aromatic heterocycles. The van der Waals surface area contributed by atoms with Crippen LogP contribution in [-0.2, 0) is 0 Å². The van der Waals surface area contributed by atoms with Crippen LogP contribution in [0.15, 0.2) is 0 Å². The van der Waals surface area contributed by atoms with Crippen LogP contribution < -0.4 is 5.73 Å². The molecule has 0 heterocycles. The molecule has 0 saturated heterocycles. The molecule has 4 N–H and O–H groups in total. The molecule has 0 bridgehead atoms. The van der Waals surface area contributed by atoms with Crippen molar-refractivity contribution in [3.8, 4) is 0 Å². The lowest BCUT2D eigenvalue weighted by Crippen LogP contribution is -2.52. The Morgan fingerprint density at radius 2 is 1.67 bits per heavy atom. The number of aliphatic hydroxyl groups excluding tert-OH is 1. The molecule has 3 heteroatoms. The van der Waals surface area contributed by atoms with E-state index in [-0.39, 0.29) is 5.92 Å². The van der Waals surface area contributed by atoms with Crippen molar-refractivity contribution in [3.05, 3.63) is 0 Å². The van der Waals surface area contributed by atoms with Crippen molar-refractivity contribution in [1.82, 2.24) is 0 Å². The molecule has 2 aliphatic carbocycles. The van der Waals surface area contributed by atoms with E-state index in [2.05, 4.69) is 0 Å². The molecule has 0 aromatic carbocycles. The quantitative estimate of drug-likeness (QED) is 0.612. The highest BCUT2D eigenvalue weighted by molar-refractivity contribution is 4.97. The summed E-state index contributed by atoms with van der Waals surface area (Å²) >= 11 is 0. The third-order valence-electron chi connectivity index (χ3n) is 4.36. The third kappa shape index (κ3) is 2.19. The van der Waals surface area contributed by atoms with Crippen LogP contribution in [0.1, 0.15) is 51.4 Å². The molecule has 0 amide bonds. The smallest absolute Gasteiger partial charge is 0.0933 e. The molecule has 2 unspecified atom stereocenters. The van der Waals surface area contributed by atoms with Crippen LogP contribution in [0.25, 0.3) is 0 Å². The summed E-state index contributed by atoms with van der Waals surface area (Å²) in [4.78, 5) is 0. The van der Waals surface area contributed by atoms with Crippen molar-refractivity contribution in [2.24, 2.45) is 11.7 Å². The van der Waals surface area contributed by atoms with Crippen molar-refractivity contribution in [2.75, 3.05) is 0 Å². The largest absolute Gasteiger partial charge is 0.390 e. The minimum absolute atomic E-state index is 0.271. The second-order valence-electron chi connectivity index (χ2n) is 5.36. The number of hydrogen-bond acceptors (Lipinski definition) is 3. The molecular formula is C12H23NO2. The van der Waals surface area contributed by atoms with Gasteiger partial charge >= 0.3 is 0 Å². The standard InChI is InChI=1S/C12H23NO2/c13-10-6-4-9(5-7-10)12(15)8-2-1-3-11(12)14/h9-11,14-15H,1-8,13H2. The highest BCUT2D eigenvalue weighted by Crippen LogP contribution is 2.41. The van der Waals surface area contributed by atoms with E-state index in [0.29, 0.717) is 6.04 Å². The van der Waals surface area contributed by atoms with Crippen molar-refractivity contribution in [3.63, 3.8) is 0 Å². The minimum Gasteiger partial charge on any atom is -0.390 e. The fourth-order valence-corrected chi connectivity index (χ4v) is 3.26. The third-order valence-corrected chi connectivity index (χ3v) is 4.36. The van der Waals surface area contributed by atoms with E-state index in [0.717, 1.165) is 51.4 Å². The number of nitrogens with two attached hydrogens (primary N) is 1. The summed E-state index contributed by atoms with van der Waals surface area (Å²) in [5.41, 5.74) is 5.05. The molecule has 2 aliphatic rings. The van der Waals surface area contributed by atoms with Crippen LogP contribution in [0.3, 0.4) is 0 Å². The zero-order valence-electron chi connectivity index (χ0n) is 9.36. The first kappa shape index (κ1) is 11.4. The van der Waals surface area contributed by atoms with Crippen LogP contribution >= 0.6 is 0 Å². The maximum Gasteiger partial charge on any atom is 0.0933 e. The highest BCUT2D eigenvalue weighted by Gasteiger charge is 2.45. The Labute approximate surface area is 91.7 Å². The van der Waals surface area contributed by atoms with E-state index < -0.39 is 11.7 Å². The Morgan fingerprint density at radius 3 is 2.27 bits per heavy atom. The topological polar surface area (TPSA) is 66.5 Å². The van der Waals surface area contributed by atoms with Gasteiger partial charge < -0.3 is 15.9 Å². The predicted octanol–water partition coefficient (Wildman–Crippen LogP) is 1.17. The lowest BCUT2D eigenvalue weighted by Gasteiger charge is -2.45. The Morgan fingerprint density at radius 1 is 1.00 bits per heavy atom. The molecule has 0 radical (unpaired) electrons. The van der Waals surface area contributed by atoms with Gasteiger partial charge in [-0.1, -0.05) is 12.8 Å². The zero-order valence-corrected chi connectivity index (χ0v) is 9.36. The monoisotopic (exact) mass is 213 g/mol. The summed E-state index contributed by atoms with van der Waals surface area (Å²) < 4.78 is 0. The van der Waals surface area contributed by atoms with Gasteiger partial charge in [-0.2, -0.15) is 0 Å². The van der Waals surface area contributed by atoms with Gasteiger partial charge in [0, 0.05) is 6.04 Å². The maximum absolute atomic E-state index is 10.6. The molecule has 3 nitrogen and oxygen atoms in total. The molecule has 2 rings (SSSR count). The van der Waals surface area contributed by atoms with Crippen LogP contribution in [0.5, 0.6) is 0 Å². The molecule has 0 aliphatic heterocycles. The fraction of sp³-hybridized carbons (Fsp3) is 1.00. The Balaban J connectivity index is 2.00. The van der Waals surface area contributed by atoms with E-state index in [1.807, 2.05) is 0 Å². The SMILES string of the molecule is NC1CCC(C2(O)CCCCC2O)CC1. The number of hydrogen-bond donors (Lipinski definition) is 3. The van der Waals surface area contributed by atoms with Crippen molar-refractivity contribution in [2.45, 2.75) is 69.1 Å². The van der Waals surface area contributed by atoms with Gasteiger partial charge in [0.05, 0.1) is 11.7 Å². The summed E-state index contributed by atoms with van der Waals surface area (Å²) in [5.74, 6) is 0.271. The van der Waals surface area contributed by atoms with Gasteiger partial charge in [0.15, 0.2) is 0 Å². The second kappa shape index (κ2) is 4.40. The second-order valence-corrected chi connectivity index (χ2v) is 5.36. The first-order chi connectivity index (χ1) is 7.13. The van der Waals surface area contributed by atoms with Gasteiger partial charge in [0.2, 0.25) is 0 Å². The summed E-state index contributed by atoms with van der Waals surface area (Å²) in [6.45, 7) is 0. The molecule has 15 heavy (non-hydrogen) atoms. The highest BCUT2D eigenvalue weighted by atomic mass is 16.3. The van der Waals surface area contributed by atoms with Crippen molar-refractivity contribution < 1.29 is 10.2 Å². The normalized spacial score (nSPS) is 47.8. The molecule has 2 fully saturated rings. The first-order valence-corrected chi connectivity index (χ1v) is 6.29. The van der Waals surface area contributed by atoms with Gasteiger partial charge in [-0.25, -0.2) is 0 Å². The van der Waals surface area contributed by atoms with Crippen LogP contribution in [0.2, 0.25) is 0 Å². The molecule has 2 atom stereocenters. The maximum atomic E-state index is 10.6. The van der Waals surface area contributed by atoms with Crippen LogP contribution in [0.4, 0.5) is 0 Å². The minimum atomic E-state index is -0.807. The zero-order chi connectivity index (χ0) is 10.9. The number of rotatable bonds is 1. The molecule has 0 aromatic rings. The summed E-state index contributed by atoms with van der Waals surface area (Å²) in [6.07, 6.45) is 7.09. The number of aliphatic hydroxyl groups is 2. The van der Waals surface area contributed by atoms with Crippen LogP contribution in [-0.4, -0.2) is 28.0 Å². The van der Waals surface area contributed by atoms with Gasteiger partial charge in [0.25, 0.3) is 0 Å². The lowest BCUT2D eigenvalue weighted by atomic mass is 9.68. The summed E-state index contributed by atoms with van der Waals surface area (Å²) in [5, 5.41) is 20.5. The van der Waals surface area contributed by atoms with Gasteiger partial charge in [-0.05, 0) is 44.4 Å². The van der Waals surface area contributed by atoms with Gasteiger partial charge in [-0.3, -0.25) is 0 Å². The van der Waals surface area contributed by atoms with Gasteiger partial charge in [-0.15, -0.1) is 0 Å². The Bertz CT molecular complexity index is 214. The predicted molar refractivity (Wildman–Crippen MR) is 59.4 cm³/mol. The van der Waals surface area contributed by atoms with E-state index >= 15 is 0 Å². The van der Waals surface area contributed by atoms with Crippen molar-refractivity contribution in [1.29, 1.82) is 0 Å². The summed E-state index contributed by atoms with van der Waals surface area (Å²) in [7, 11) is 0.